The number of hydrogen-bond donors (Lipinski definition) is 1. The van der Waals surface area contributed by atoms with Gasteiger partial charge in [-0.1, -0.05) is 30.3 Å². The van der Waals surface area contributed by atoms with Crippen LogP contribution in [-0.2, 0) is 6.54 Å². The molecule has 1 heterocycles. The highest BCUT2D eigenvalue weighted by molar-refractivity contribution is 5.99. The summed E-state index contributed by atoms with van der Waals surface area (Å²) in [6, 6.07) is 17.7. The van der Waals surface area contributed by atoms with Crippen LogP contribution in [0.25, 0.3) is 11.4 Å². The van der Waals surface area contributed by atoms with Crippen molar-refractivity contribution in [3.05, 3.63) is 71.9 Å². The molecule has 0 saturated heterocycles. The summed E-state index contributed by atoms with van der Waals surface area (Å²) in [4.78, 5) is 23.9. The van der Waals surface area contributed by atoms with Crippen molar-refractivity contribution in [2.75, 3.05) is 19.1 Å². The van der Waals surface area contributed by atoms with Gasteiger partial charge in [-0.2, -0.15) is 0 Å². The predicted octanol–water partition coefficient (Wildman–Crippen LogP) is 3.93. The van der Waals surface area contributed by atoms with E-state index in [1.165, 1.54) is 0 Å². The highest BCUT2D eigenvalue weighted by atomic mass is 16.5. The summed E-state index contributed by atoms with van der Waals surface area (Å²) in [6.07, 6.45) is 1.60. The minimum absolute atomic E-state index is 0.0241. The second-order valence-corrected chi connectivity index (χ2v) is 7.13. The number of amides is 1. The van der Waals surface area contributed by atoms with Crippen LogP contribution in [0, 0.1) is 0 Å². The molecule has 0 unspecified atom stereocenters. The fourth-order valence-corrected chi connectivity index (χ4v) is 2.98. The van der Waals surface area contributed by atoms with Gasteiger partial charge >= 0.3 is 0 Å². The molecule has 0 aliphatic rings. The Morgan fingerprint density at radius 3 is 2.41 bits per heavy atom. The molecule has 0 bridgehead atoms. The van der Waals surface area contributed by atoms with E-state index in [0.717, 1.165) is 16.9 Å². The number of benzene rings is 2. The lowest BCUT2D eigenvalue weighted by Crippen LogP contribution is -2.32. The number of carbonyl (C=O) groups is 1. The van der Waals surface area contributed by atoms with E-state index in [9.17, 15) is 4.79 Å². The van der Waals surface area contributed by atoms with Gasteiger partial charge in [-0.25, -0.2) is 9.97 Å². The number of rotatable bonds is 7. The maximum atomic E-state index is 12.7. The van der Waals surface area contributed by atoms with Crippen LogP contribution >= 0.6 is 0 Å². The van der Waals surface area contributed by atoms with E-state index in [1.807, 2.05) is 68.3 Å². The van der Waals surface area contributed by atoms with Crippen molar-refractivity contribution in [2.45, 2.75) is 26.4 Å². The van der Waals surface area contributed by atoms with Crippen molar-refractivity contribution in [3.63, 3.8) is 0 Å². The van der Waals surface area contributed by atoms with Crippen LogP contribution < -0.4 is 15.0 Å². The minimum atomic E-state index is -0.184. The van der Waals surface area contributed by atoms with Crippen molar-refractivity contribution in [2.24, 2.45) is 0 Å². The van der Waals surface area contributed by atoms with Crippen LogP contribution in [0.3, 0.4) is 0 Å². The summed E-state index contributed by atoms with van der Waals surface area (Å²) in [5.74, 6) is 1.73. The van der Waals surface area contributed by atoms with Gasteiger partial charge in [0, 0.05) is 31.4 Å². The van der Waals surface area contributed by atoms with Gasteiger partial charge in [0.2, 0.25) is 0 Å². The first-order valence-electron chi connectivity index (χ1n) is 9.55. The average Bonchev–Trinajstić information content (AvgIpc) is 2.73. The van der Waals surface area contributed by atoms with E-state index in [1.54, 1.807) is 13.3 Å². The lowest BCUT2D eigenvalue weighted by atomic mass is 10.1. The molecule has 6 nitrogen and oxygen atoms in total. The fraction of sp³-hybridized carbons (Fsp3) is 0.261. The molecular formula is C23H26N4O2. The van der Waals surface area contributed by atoms with E-state index in [0.29, 0.717) is 23.8 Å². The lowest BCUT2D eigenvalue weighted by Gasteiger charge is -2.22. The number of methoxy groups -OCH3 is 1. The molecule has 1 amide bonds. The third-order valence-corrected chi connectivity index (χ3v) is 4.41. The highest BCUT2D eigenvalue weighted by Gasteiger charge is 2.19. The normalized spacial score (nSPS) is 10.7. The zero-order chi connectivity index (χ0) is 20.8. The van der Waals surface area contributed by atoms with E-state index in [4.69, 9.17) is 9.72 Å². The maximum absolute atomic E-state index is 12.7. The van der Waals surface area contributed by atoms with E-state index in [-0.39, 0.29) is 11.9 Å². The number of aromatic nitrogens is 2. The smallest absolute Gasteiger partial charge is 0.256 e. The molecule has 1 aromatic heterocycles. The molecule has 29 heavy (non-hydrogen) atoms. The molecule has 0 spiro atoms. The third-order valence-electron chi connectivity index (χ3n) is 4.41. The molecule has 0 saturated carbocycles. The molecule has 0 aliphatic carbocycles. The van der Waals surface area contributed by atoms with Gasteiger partial charge in [-0.05, 0) is 43.7 Å². The van der Waals surface area contributed by atoms with Crippen LogP contribution in [0.4, 0.5) is 5.82 Å². The van der Waals surface area contributed by atoms with Crippen molar-refractivity contribution < 1.29 is 9.53 Å². The molecule has 6 heteroatoms. The molecule has 0 aliphatic heterocycles. The van der Waals surface area contributed by atoms with Gasteiger partial charge in [-0.15, -0.1) is 0 Å². The number of carbonyl (C=O) groups excluding carboxylic acids is 1. The van der Waals surface area contributed by atoms with Crippen molar-refractivity contribution in [3.8, 4) is 17.1 Å². The molecule has 3 aromatic rings. The van der Waals surface area contributed by atoms with Gasteiger partial charge in [0.15, 0.2) is 5.82 Å². The second-order valence-electron chi connectivity index (χ2n) is 7.13. The largest absolute Gasteiger partial charge is 0.497 e. The van der Waals surface area contributed by atoms with Gasteiger partial charge in [-0.3, -0.25) is 4.79 Å². The summed E-state index contributed by atoms with van der Waals surface area (Å²) in [5.41, 5.74) is 2.44. The van der Waals surface area contributed by atoms with Crippen LogP contribution in [0.2, 0.25) is 0 Å². The molecule has 3 rings (SSSR count). The Morgan fingerprint density at radius 1 is 1.10 bits per heavy atom. The first kappa shape index (κ1) is 20.3. The second kappa shape index (κ2) is 9.19. The number of hydrogen-bond acceptors (Lipinski definition) is 5. The molecule has 0 atom stereocenters. The van der Waals surface area contributed by atoms with Crippen LogP contribution in [0.5, 0.6) is 5.75 Å². The number of anilines is 1. The quantitative estimate of drug-likeness (QED) is 0.662. The van der Waals surface area contributed by atoms with Crippen molar-refractivity contribution in [1.29, 1.82) is 0 Å². The van der Waals surface area contributed by atoms with E-state index in [2.05, 4.69) is 22.4 Å². The van der Waals surface area contributed by atoms with Gasteiger partial charge in [0.1, 0.15) is 17.1 Å². The summed E-state index contributed by atoms with van der Waals surface area (Å²) < 4.78 is 5.22. The van der Waals surface area contributed by atoms with E-state index >= 15 is 0 Å². The summed E-state index contributed by atoms with van der Waals surface area (Å²) in [5, 5.41) is 2.93. The number of nitrogens with zero attached hydrogens (tertiary/aromatic N) is 3. The van der Waals surface area contributed by atoms with E-state index < -0.39 is 0 Å². The molecule has 1 N–H and O–H groups in total. The molecule has 0 radical (unpaired) electrons. The Morgan fingerprint density at radius 2 is 1.79 bits per heavy atom. The minimum Gasteiger partial charge on any atom is -0.497 e. The SMILES string of the molecule is COc1ccc(-c2ncc(C(=O)NC(C)C)c(N(C)Cc3ccccc3)n2)cc1. The first-order chi connectivity index (χ1) is 14.0. The highest BCUT2D eigenvalue weighted by Crippen LogP contribution is 2.24. The van der Waals surface area contributed by atoms with Gasteiger partial charge in [0.05, 0.1) is 7.11 Å². The Kier molecular flexibility index (Phi) is 6.44. The monoisotopic (exact) mass is 390 g/mol. The summed E-state index contributed by atoms with van der Waals surface area (Å²) in [7, 11) is 3.56. The number of ether oxygens (including phenoxy) is 1. The Balaban J connectivity index is 1.98. The lowest BCUT2D eigenvalue weighted by molar-refractivity contribution is 0.0943. The average molecular weight is 390 g/mol. The zero-order valence-corrected chi connectivity index (χ0v) is 17.2. The summed E-state index contributed by atoms with van der Waals surface area (Å²) in [6.45, 7) is 4.48. The molecule has 2 aromatic carbocycles. The summed E-state index contributed by atoms with van der Waals surface area (Å²) >= 11 is 0. The van der Waals surface area contributed by atoms with Crippen LogP contribution in [0.1, 0.15) is 29.8 Å². The topological polar surface area (TPSA) is 67.3 Å². The maximum Gasteiger partial charge on any atom is 0.256 e. The predicted molar refractivity (Wildman–Crippen MR) is 115 cm³/mol. The van der Waals surface area contributed by atoms with Crippen molar-refractivity contribution in [1.82, 2.24) is 15.3 Å². The van der Waals surface area contributed by atoms with Gasteiger partial charge < -0.3 is 15.0 Å². The fourth-order valence-electron chi connectivity index (χ4n) is 2.98. The Hall–Kier alpha value is -3.41. The standard InChI is InChI=1S/C23H26N4O2/c1-16(2)25-23(28)20-14-24-21(18-10-12-19(29-4)13-11-18)26-22(20)27(3)15-17-8-6-5-7-9-17/h5-14,16H,15H2,1-4H3,(H,25,28). The zero-order valence-electron chi connectivity index (χ0n) is 17.2. The Bertz CT molecular complexity index is 956. The Labute approximate surface area is 171 Å². The number of nitrogens with one attached hydrogen (secondary N) is 1. The molecular weight excluding hydrogens is 364 g/mol. The molecule has 0 fully saturated rings. The van der Waals surface area contributed by atoms with Crippen LogP contribution in [0.15, 0.2) is 60.8 Å². The van der Waals surface area contributed by atoms with Gasteiger partial charge in [0.25, 0.3) is 5.91 Å². The van der Waals surface area contributed by atoms with Crippen LogP contribution in [-0.4, -0.2) is 36.1 Å². The third kappa shape index (κ3) is 5.10. The van der Waals surface area contributed by atoms with Crippen molar-refractivity contribution >= 4 is 11.7 Å². The first-order valence-corrected chi connectivity index (χ1v) is 9.55. The molecule has 150 valence electrons.